The Kier molecular flexibility index (Phi) is 9.33. The van der Waals surface area contributed by atoms with Crippen molar-refractivity contribution in [1.82, 2.24) is 15.0 Å². The minimum Gasteiger partial charge on any atom is -0.444 e. The Morgan fingerprint density at radius 1 is 1.03 bits per heavy atom. The summed E-state index contributed by atoms with van der Waals surface area (Å²) in [6, 6.07) is 8.53. The normalized spacial score (nSPS) is 14.4. The smallest absolute Gasteiger partial charge is 0.410 e. The number of hydrogen-bond donors (Lipinski definition) is 0. The molecule has 1 aromatic heterocycles. The molecular formula is C27H41N3O3. The molecule has 2 heterocycles. The number of unbranched alkanes of at least 4 members (excludes halogenated alkanes) is 7. The molecule has 1 aromatic carbocycles. The lowest BCUT2D eigenvalue weighted by Crippen LogP contribution is -2.52. The summed E-state index contributed by atoms with van der Waals surface area (Å²) in [5.41, 5.74) is 1.88. The number of nitrogens with zero attached hydrogens (tertiary/aromatic N) is 3. The first-order valence-electron chi connectivity index (χ1n) is 12.7. The zero-order chi connectivity index (χ0) is 23.7. The van der Waals surface area contributed by atoms with E-state index in [0.717, 1.165) is 12.0 Å². The van der Waals surface area contributed by atoms with Crippen LogP contribution >= 0.6 is 0 Å². The van der Waals surface area contributed by atoms with Crippen LogP contribution in [0, 0.1) is 5.92 Å². The summed E-state index contributed by atoms with van der Waals surface area (Å²) in [6.45, 7) is 9.24. The lowest BCUT2D eigenvalue weighted by Gasteiger charge is -2.39. The van der Waals surface area contributed by atoms with E-state index in [1.807, 2.05) is 20.8 Å². The van der Waals surface area contributed by atoms with E-state index in [9.17, 15) is 4.79 Å². The molecule has 2 aromatic rings. The third-order valence-electron chi connectivity index (χ3n) is 6.07. The first-order valence-corrected chi connectivity index (χ1v) is 12.7. The molecule has 0 atom stereocenters. The van der Waals surface area contributed by atoms with Gasteiger partial charge in [0.1, 0.15) is 5.60 Å². The topological polar surface area (TPSA) is 68.5 Å². The molecule has 6 nitrogen and oxygen atoms in total. The van der Waals surface area contributed by atoms with Crippen LogP contribution in [0.15, 0.2) is 28.8 Å². The van der Waals surface area contributed by atoms with Gasteiger partial charge in [0.2, 0.25) is 11.7 Å². The fraction of sp³-hybridized carbons (Fsp3) is 0.667. The standard InChI is InChI=1S/C27H41N3O3/c1-5-6-7-8-9-10-11-12-13-21-14-16-23(17-15-21)25-28-24(33-29-25)18-22-19-30(20-22)26(31)32-27(2,3)4/h14-17,22H,5-13,18-20H2,1-4H3. The maximum Gasteiger partial charge on any atom is 0.410 e. The minimum absolute atomic E-state index is 0.253. The van der Waals surface area contributed by atoms with Gasteiger partial charge in [-0.25, -0.2) is 4.79 Å². The van der Waals surface area contributed by atoms with E-state index in [-0.39, 0.29) is 6.09 Å². The van der Waals surface area contributed by atoms with Gasteiger partial charge in [0.25, 0.3) is 0 Å². The van der Waals surface area contributed by atoms with Crippen LogP contribution in [0.5, 0.6) is 0 Å². The monoisotopic (exact) mass is 455 g/mol. The Labute approximate surface area is 199 Å². The summed E-state index contributed by atoms with van der Waals surface area (Å²) in [5, 5.41) is 4.16. The molecule has 1 aliphatic rings. The number of likely N-dealkylation sites (tertiary alicyclic amines) is 1. The van der Waals surface area contributed by atoms with Crippen LogP contribution in [-0.2, 0) is 17.6 Å². The molecule has 1 fully saturated rings. The van der Waals surface area contributed by atoms with Crippen molar-refractivity contribution in [1.29, 1.82) is 0 Å². The molecule has 33 heavy (non-hydrogen) atoms. The van der Waals surface area contributed by atoms with Crippen LogP contribution in [0.25, 0.3) is 11.4 Å². The van der Waals surface area contributed by atoms with Crippen LogP contribution in [-0.4, -0.2) is 39.8 Å². The van der Waals surface area contributed by atoms with Gasteiger partial charge in [-0.3, -0.25) is 0 Å². The summed E-state index contributed by atoms with van der Waals surface area (Å²) in [5.74, 6) is 1.59. The Morgan fingerprint density at radius 2 is 1.67 bits per heavy atom. The number of benzene rings is 1. The summed E-state index contributed by atoms with van der Waals surface area (Å²) in [4.78, 5) is 18.3. The first-order chi connectivity index (χ1) is 15.8. The van der Waals surface area contributed by atoms with Crippen molar-refractivity contribution >= 4 is 6.09 Å². The van der Waals surface area contributed by atoms with Gasteiger partial charge in [-0.2, -0.15) is 4.98 Å². The summed E-state index contributed by atoms with van der Waals surface area (Å²) in [7, 11) is 0. The van der Waals surface area contributed by atoms with Crippen molar-refractivity contribution in [3.05, 3.63) is 35.7 Å². The zero-order valence-corrected chi connectivity index (χ0v) is 20.9. The SMILES string of the molecule is CCCCCCCCCCc1ccc(-c2noc(CC3CN(C(=O)OC(C)(C)C)C3)n2)cc1. The molecule has 0 bridgehead atoms. The van der Waals surface area contributed by atoms with Gasteiger partial charge in [0.15, 0.2) is 0 Å². The molecule has 3 rings (SSSR count). The largest absolute Gasteiger partial charge is 0.444 e. The summed E-state index contributed by atoms with van der Waals surface area (Å²) < 4.78 is 10.9. The lowest BCUT2D eigenvalue weighted by molar-refractivity contribution is -0.00187. The van der Waals surface area contributed by atoms with Crippen LogP contribution < -0.4 is 0 Å². The van der Waals surface area contributed by atoms with E-state index in [4.69, 9.17) is 9.26 Å². The molecule has 6 heteroatoms. The van der Waals surface area contributed by atoms with Gasteiger partial charge in [-0.15, -0.1) is 0 Å². The van der Waals surface area contributed by atoms with Crippen LogP contribution in [0.2, 0.25) is 0 Å². The van der Waals surface area contributed by atoms with Gasteiger partial charge in [0.05, 0.1) is 0 Å². The molecule has 0 saturated carbocycles. The molecule has 0 aliphatic carbocycles. The Hall–Kier alpha value is -2.37. The summed E-state index contributed by atoms with van der Waals surface area (Å²) in [6.07, 6.45) is 12.3. The molecule has 0 N–H and O–H groups in total. The molecular weight excluding hydrogens is 414 g/mol. The van der Waals surface area contributed by atoms with Crippen LogP contribution in [0.4, 0.5) is 4.79 Å². The van der Waals surface area contributed by atoms with E-state index >= 15 is 0 Å². The predicted molar refractivity (Wildman–Crippen MR) is 131 cm³/mol. The van der Waals surface area contributed by atoms with Crippen LogP contribution in [0.1, 0.15) is 90.5 Å². The zero-order valence-electron chi connectivity index (χ0n) is 20.9. The Bertz CT molecular complexity index is 848. The third kappa shape index (κ3) is 8.49. The molecule has 1 aliphatic heterocycles. The highest BCUT2D eigenvalue weighted by atomic mass is 16.6. The highest BCUT2D eigenvalue weighted by Gasteiger charge is 2.34. The average molecular weight is 456 g/mol. The lowest BCUT2D eigenvalue weighted by atomic mass is 9.97. The maximum atomic E-state index is 12.1. The Balaban J connectivity index is 1.36. The number of hydrogen-bond acceptors (Lipinski definition) is 5. The van der Waals surface area contributed by atoms with E-state index in [1.165, 1.54) is 56.9 Å². The molecule has 1 saturated heterocycles. The first kappa shape index (κ1) is 25.3. The van der Waals surface area contributed by atoms with Gasteiger partial charge < -0.3 is 14.2 Å². The number of ether oxygens (including phenoxy) is 1. The second kappa shape index (κ2) is 12.2. The molecule has 0 radical (unpaired) electrons. The van der Waals surface area contributed by atoms with Crippen molar-refractivity contribution in [3.8, 4) is 11.4 Å². The van der Waals surface area contributed by atoms with E-state index in [2.05, 4.69) is 41.3 Å². The number of aryl methyl sites for hydroxylation is 1. The van der Waals surface area contributed by atoms with Crippen molar-refractivity contribution < 1.29 is 14.1 Å². The second-order valence-corrected chi connectivity index (χ2v) is 10.4. The highest BCUT2D eigenvalue weighted by Crippen LogP contribution is 2.24. The predicted octanol–water partition coefficient (Wildman–Crippen LogP) is 6.83. The van der Waals surface area contributed by atoms with Gasteiger partial charge in [0, 0.05) is 31.0 Å². The van der Waals surface area contributed by atoms with Crippen molar-refractivity contribution in [2.75, 3.05) is 13.1 Å². The highest BCUT2D eigenvalue weighted by molar-refractivity contribution is 5.69. The molecule has 0 unspecified atom stereocenters. The second-order valence-electron chi connectivity index (χ2n) is 10.4. The molecule has 1 amide bonds. The van der Waals surface area contributed by atoms with E-state index in [0.29, 0.717) is 37.1 Å². The number of aromatic nitrogens is 2. The van der Waals surface area contributed by atoms with Gasteiger partial charge >= 0.3 is 6.09 Å². The van der Waals surface area contributed by atoms with E-state index in [1.54, 1.807) is 4.90 Å². The minimum atomic E-state index is -0.465. The molecule has 0 spiro atoms. The Morgan fingerprint density at radius 3 is 2.30 bits per heavy atom. The number of carbonyl (C=O) groups excluding carboxylic acids is 1. The number of rotatable bonds is 12. The number of amides is 1. The molecule has 182 valence electrons. The van der Waals surface area contributed by atoms with Gasteiger partial charge in [-0.1, -0.05) is 81.3 Å². The average Bonchev–Trinajstić information content (AvgIpc) is 3.20. The van der Waals surface area contributed by atoms with E-state index < -0.39 is 5.60 Å². The quantitative estimate of drug-likeness (QED) is 0.328. The third-order valence-corrected chi connectivity index (χ3v) is 6.07. The fourth-order valence-electron chi connectivity index (χ4n) is 4.16. The van der Waals surface area contributed by atoms with Crippen molar-refractivity contribution in [2.45, 2.75) is 97.5 Å². The fourth-order valence-corrected chi connectivity index (χ4v) is 4.16. The maximum absolute atomic E-state index is 12.1. The van der Waals surface area contributed by atoms with Crippen molar-refractivity contribution in [2.24, 2.45) is 5.92 Å². The van der Waals surface area contributed by atoms with Crippen LogP contribution in [0.3, 0.4) is 0 Å². The number of carbonyl (C=O) groups is 1. The van der Waals surface area contributed by atoms with Crippen molar-refractivity contribution in [3.63, 3.8) is 0 Å². The summed E-state index contributed by atoms with van der Waals surface area (Å²) >= 11 is 0. The van der Waals surface area contributed by atoms with Gasteiger partial charge in [-0.05, 0) is 39.2 Å².